The molecule has 4 rings (SSSR count). The third kappa shape index (κ3) is 3.15. The fourth-order valence-corrected chi connectivity index (χ4v) is 5.05. The minimum absolute atomic E-state index is 0.110. The molecule has 2 aliphatic rings. The van der Waals surface area contributed by atoms with Crippen LogP contribution in [0.4, 0.5) is 0 Å². The van der Waals surface area contributed by atoms with Gasteiger partial charge in [0.15, 0.2) is 0 Å². The highest BCUT2D eigenvalue weighted by atomic mass is 16.5. The summed E-state index contributed by atoms with van der Waals surface area (Å²) in [5.74, 6) is 0.887. The van der Waals surface area contributed by atoms with Gasteiger partial charge < -0.3 is 9.84 Å². The number of hydrogen-bond acceptors (Lipinski definition) is 3. The van der Waals surface area contributed by atoms with Gasteiger partial charge in [-0.15, -0.1) is 0 Å². The Balaban J connectivity index is 1.52. The van der Waals surface area contributed by atoms with Gasteiger partial charge in [-0.3, -0.25) is 4.90 Å². The largest absolute Gasteiger partial charge is 0.497 e. The van der Waals surface area contributed by atoms with Crippen molar-refractivity contribution in [2.45, 2.75) is 49.7 Å². The van der Waals surface area contributed by atoms with Gasteiger partial charge in [0.2, 0.25) is 0 Å². The Bertz CT molecular complexity index is 732. The average molecular weight is 351 g/mol. The van der Waals surface area contributed by atoms with Crippen LogP contribution in [0.1, 0.15) is 36.8 Å². The monoisotopic (exact) mass is 351 g/mol. The first-order chi connectivity index (χ1) is 12.7. The molecule has 0 radical (unpaired) electrons. The number of methoxy groups -OCH3 is 1. The minimum atomic E-state index is -0.298. The van der Waals surface area contributed by atoms with Crippen molar-refractivity contribution in [3.8, 4) is 5.75 Å². The number of aliphatic hydroxyl groups excluding tert-OH is 1. The molecule has 1 saturated carbocycles. The van der Waals surface area contributed by atoms with Gasteiger partial charge >= 0.3 is 0 Å². The Morgan fingerprint density at radius 1 is 1.12 bits per heavy atom. The highest BCUT2D eigenvalue weighted by Crippen LogP contribution is 2.47. The Morgan fingerprint density at radius 3 is 2.77 bits per heavy atom. The lowest BCUT2D eigenvalue weighted by atomic mass is 9.61. The van der Waals surface area contributed by atoms with Crippen LogP contribution in [0.5, 0.6) is 5.75 Å². The summed E-state index contributed by atoms with van der Waals surface area (Å²) in [4.78, 5) is 2.52. The third-order valence-corrected chi connectivity index (χ3v) is 6.54. The number of hydrogen-bond donors (Lipinski definition) is 1. The Morgan fingerprint density at radius 2 is 1.96 bits per heavy atom. The second-order valence-corrected chi connectivity index (χ2v) is 7.81. The van der Waals surface area contributed by atoms with Gasteiger partial charge in [0.25, 0.3) is 0 Å². The maximum Gasteiger partial charge on any atom is 0.119 e. The molecule has 2 aromatic rings. The third-order valence-electron chi connectivity index (χ3n) is 6.54. The Hall–Kier alpha value is -1.84. The second-order valence-electron chi connectivity index (χ2n) is 7.81. The first-order valence-electron chi connectivity index (χ1n) is 9.83. The minimum Gasteiger partial charge on any atom is -0.497 e. The standard InChI is InChI=1S/C23H29NO2/c1-26-20-10-5-9-19(17-20)23-13-6-11-21(22(23)25)24(16-14-23)15-12-18-7-3-2-4-8-18/h2-5,7-10,17,21-22,25H,6,11-16H2,1H3/t21-,22-,23-/m0/s1. The molecule has 0 aromatic heterocycles. The number of nitrogens with zero attached hydrogens (tertiary/aromatic N) is 1. The smallest absolute Gasteiger partial charge is 0.119 e. The van der Waals surface area contributed by atoms with E-state index in [4.69, 9.17) is 4.74 Å². The van der Waals surface area contributed by atoms with E-state index in [1.165, 1.54) is 17.5 Å². The zero-order chi connectivity index (χ0) is 18.0. The van der Waals surface area contributed by atoms with Crippen LogP contribution in [0, 0.1) is 0 Å². The molecule has 2 aromatic carbocycles. The molecule has 2 fully saturated rings. The molecule has 0 spiro atoms. The van der Waals surface area contributed by atoms with E-state index in [-0.39, 0.29) is 17.6 Å². The van der Waals surface area contributed by atoms with Crippen molar-refractivity contribution in [1.29, 1.82) is 0 Å². The topological polar surface area (TPSA) is 32.7 Å². The van der Waals surface area contributed by atoms with Crippen LogP contribution >= 0.6 is 0 Å². The van der Waals surface area contributed by atoms with E-state index < -0.39 is 0 Å². The van der Waals surface area contributed by atoms with Crippen molar-refractivity contribution >= 4 is 0 Å². The van der Waals surface area contributed by atoms with Crippen molar-refractivity contribution in [3.63, 3.8) is 0 Å². The lowest BCUT2D eigenvalue weighted by Gasteiger charge is -2.54. The van der Waals surface area contributed by atoms with Crippen molar-refractivity contribution in [1.82, 2.24) is 4.90 Å². The number of benzene rings is 2. The fraction of sp³-hybridized carbons (Fsp3) is 0.478. The molecule has 1 saturated heterocycles. The zero-order valence-electron chi connectivity index (χ0n) is 15.6. The van der Waals surface area contributed by atoms with E-state index in [0.29, 0.717) is 0 Å². The van der Waals surface area contributed by atoms with Crippen molar-refractivity contribution < 1.29 is 9.84 Å². The molecule has 1 N–H and O–H groups in total. The quantitative estimate of drug-likeness (QED) is 0.889. The molecule has 26 heavy (non-hydrogen) atoms. The predicted octanol–water partition coefficient (Wildman–Crippen LogP) is 3.79. The maximum absolute atomic E-state index is 11.3. The summed E-state index contributed by atoms with van der Waals surface area (Å²) in [6, 6.07) is 19.3. The van der Waals surface area contributed by atoms with Gasteiger partial charge in [0.05, 0.1) is 13.2 Å². The van der Waals surface area contributed by atoms with Gasteiger partial charge in [-0.05, 0) is 55.5 Å². The first kappa shape index (κ1) is 17.6. The maximum atomic E-state index is 11.3. The van der Waals surface area contributed by atoms with Crippen molar-refractivity contribution in [3.05, 3.63) is 65.7 Å². The number of aliphatic hydroxyl groups is 1. The lowest BCUT2D eigenvalue weighted by molar-refractivity contribution is -0.0761. The van der Waals surface area contributed by atoms with Crippen molar-refractivity contribution in [2.75, 3.05) is 20.2 Å². The molecule has 1 aliphatic carbocycles. The van der Waals surface area contributed by atoms with E-state index in [0.717, 1.165) is 44.5 Å². The summed E-state index contributed by atoms with van der Waals surface area (Å²) >= 11 is 0. The molecule has 3 atom stereocenters. The lowest BCUT2D eigenvalue weighted by Crippen LogP contribution is -2.62. The van der Waals surface area contributed by atoms with Crippen molar-refractivity contribution in [2.24, 2.45) is 0 Å². The van der Waals surface area contributed by atoms with Crippen LogP contribution in [0.3, 0.4) is 0 Å². The van der Waals surface area contributed by atoms with Gasteiger partial charge in [-0.2, -0.15) is 0 Å². The Labute approximate surface area is 156 Å². The van der Waals surface area contributed by atoms with Gasteiger partial charge in [-0.1, -0.05) is 48.9 Å². The molecular weight excluding hydrogens is 322 g/mol. The van der Waals surface area contributed by atoms with Gasteiger partial charge in [0, 0.05) is 18.0 Å². The van der Waals surface area contributed by atoms with E-state index in [1.54, 1.807) is 7.11 Å². The molecule has 2 bridgehead atoms. The highest BCUT2D eigenvalue weighted by molar-refractivity contribution is 5.37. The molecular formula is C23H29NO2. The van der Waals surface area contributed by atoms with Gasteiger partial charge in [-0.25, -0.2) is 0 Å². The van der Waals surface area contributed by atoms with Gasteiger partial charge in [0.1, 0.15) is 5.75 Å². The first-order valence-corrected chi connectivity index (χ1v) is 9.83. The average Bonchev–Trinajstić information content (AvgIpc) is 2.68. The van der Waals surface area contributed by atoms with E-state index in [2.05, 4.69) is 53.4 Å². The highest BCUT2D eigenvalue weighted by Gasteiger charge is 2.50. The second kappa shape index (κ2) is 7.42. The molecule has 1 aliphatic heterocycles. The summed E-state index contributed by atoms with van der Waals surface area (Å²) in [7, 11) is 1.71. The molecule has 3 heteroatoms. The molecule has 3 nitrogen and oxygen atoms in total. The normalized spacial score (nSPS) is 28.7. The number of piperidine rings is 1. The number of likely N-dealkylation sites (tertiary alicyclic amines) is 1. The molecule has 1 heterocycles. The van der Waals surface area contributed by atoms with Crippen LogP contribution in [0.25, 0.3) is 0 Å². The fourth-order valence-electron chi connectivity index (χ4n) is 5.05. The summed E-state index contributed by atoms with van der Waals surface area (Å²) in [5.41, 5.74) is 2.51. The number of ether oxygens (including phenoxy) is 1. The number of fused-ring (bicyclic) bond motifs is 2. The molecule has 0 unspecified atom stereocenters. The van der Waals surface area contributed by atoms with Crippen LogP contribution in [-0.4, -0.2) is 42.4 Å². The summed E-state index contributed by atoms with van der Waals surface area (Å²) in [6.07, 6.45) is 5.13. The molecule has 0 amide bonds. The van der Waals surface area contributed by atoms with Crippen LogP contribution < -0.4 is 4.74 Å². The summed E-state index contributed by atoms with van der Waals surface area (Å²) < 4.78 is 5.43. The summed E-state index contributed by atoms with van der Waals surface area (Å²) in [5, 5.41) is 11.3. The molecule has 138 valence electrons. The number of rotatable bonds is 5. The zero-order valence-corrected chi connectivity index (χ0v) is 15.6. The van der Waals surface area contributed by atoms with E-state index in [9.17, 15) is 5.11 Å². The van der Waals surface area contributed by atoms with Crippen LogP contribution in [0.2, 0.25) is 0 Å². The Kier molecular flexibility index (Phi) is 5.01. The van der Waals surface area contributed by atoms with E-state index in [1.807, 2.05) is 6.07 Å². The van der Waals surface area contributed by atoms with E-state index >= 15 is 0 Å². The SMILES string of the molecule is COc1cccc([C@@]23CCC[C@@H]([C@@H]2O)N(CCc2ccccc2)CC3)c1. The summed E-state index contributed by atoms with van der Waals surface area (Å²) in [6.45, 7) is 2.09. The van der Waals surface area contributed by atoms with Crippen LogP contribution in [0.15, 0.2) is 54.6 Å². The predicted molar refractivity (Wildman–Crippen MR) is 105 cm³/mol. The van der Waals surface area contributed by atoms with Crippen LogP contribution in [-0.2, 0) is 11.8 Å².